The number of amides is 1. The smallest absolute Gasteiger partial charge is 0.277 e. The lowest BCUT2D eigenvalue weighted by atomic mass is 10.2. The molecular weight excluding hydrogens is 466 g/mol. The Bertz CT molecular complexity index is 769. The molecule has 2 aromatic carbocycles. The van der Waals surface area contributed by atoms with Gasteiger partial charge >= 0.3 is 0 Å². The maximum atomic E-state index is 11.8. The van der Waals surface area contributed by atoms with Crippen LogP contribution in [-0.2, 0) is 4.79 Å². The van der Waals surface area contributed by atoms with Crippen molar-refractivity contribution in [1.29, 1.82) is 0 Å². The first-order chi connectivity index (χ1) is 11.5. The van der Waals surface area contributed by atoms with Crippen LogP contribution in [0.5, 0.6) is 11.5 Å². The largest absolute Gasteiger partial charge is 0.496 e. The molecule has 0 saturated heterocycles. The van der Waals surface area contributed by atoms with Crippen LogP contribution in [0.25, 0.3) is 0 Å². The molecule has 1 amide bonds. The van der Waals surface area contributed by atoms with Crippen LogP contribution in [0.4, 0.5) is 0 Å². The number of carbonyl (C=O) groups excluding carboxylic acids is 1. The molecule has 0 saturated carbocycles. The Labute approximate surface area is 163 Å². The van der Waals surface area contributed by atoms with E-state index in [2.05, 4.69) is 33.1 Å². The van der Waals surface area contributed by atoms with E-state index in [1.54, 1.807) is 43.5 Å². The summed E-state index contributed by atoms with van der Waals surface area (Å²) in [6, 6.07) is 10.3. The van der Waals surface area contributed by atoms with Crippen LogP contribution in [0.1, 0.15) is 5.56 Å². The summed E-state index contributed by atoms with van der Waals surface area (Å²) in [5.74, 6) is 0.790. The quantitative estimate of drug-likeness (QED) is 0.385. The van der Waals surface area contributed by atoms with E-state index >= 15 is 0 Å². The van der Waals surface area contributed by atoms with E-state index < -0.39 is 5.91 Å². The van der Waals surface area contributed by atoms with Crippen LogP contribution in [0.15, 0.2) is 41.5 Å². The first-order valence-corrected chi connectivity index (χ1v) is 8.56. The van der Waals surface area contributed by atoms with Gasteiger partial charge in [-0.05, 0) is 59.0 Å². The fourth-order valence-corrected chi connectivity index (χ4v) is 2.96. The Morgan fingerprint density at radius 3 is 2.54 bits per heavy atom. The van der Waals surface area contributed by atoms with Gasteiger partial charge in [0.1, 0.15) is 11.5 Å². The summed E-state index contributed by atoms with van der Waals surface area (Å²) in [4.78, 5) is 11.8. The molecule has 0 unspecified atom stereocenters. The number of hydrogen-bond acceptors (Lipinski definition) is 4. The van der Waals surface area contributed by atoms with Crippen LogP contribution >= 0.6 is 45.8 Å². The van der Waals surface area contributed by atoms with Crippen molar-refractivity contribution in [3.63, 3.8) is 0 Å². The first-order valence-electron chi connectivity index (χ1n) is 6.73. The van der Waals surface area contributed by atoms with Gasteiger partial charge in [-0.1, -0.05) is 23.2 Å². The molecule has 0 atom stereocenters. The third-order valence-electron chi connectivity index (χ3n) is 2.84. The third kappa shape index (κ3) is 5.54. The predicted octanol–water partition coefficient (Wildman–Crippen LogP) is 4.14. The lowest BCUT2D eigenvalue weighted by Crippen LogP contribution is -2.24. The van der Waals surface area contributed by atoms with Crippen LogP contribution in [0, 0.1) is 3.57 Å². The van der Waals surface area contributed by atoms with Crippen LogP contribution in [0.3, 0.4) is 0 Å². The zero-order chi connectivity index (χ0) is 17.5. The van der Waals surface area contributed by atoms with Gasteiger partial charge in [-0.2, -0.15) is 5.10 Å². The van der Waals surface area contributed by atoms with Crippen LogP contribution in [0.2, 0.25) is 10.0 Å². The lowest BCUT2D eigenvalue weighted by Gasteiger charge is -2.07. The Kier molecular flexibility index (Phi) is 7.14. The number of nitrogens with one attached hydrogen (secondary N) is 1. The summed E-state index contributed by atoms with van der Waals surface area (Å²) < 4.78 is 11.4. The molecule has 0 aliphatic heterocycles. The Morgan fingerprint density at radius 2 is 1.88 bits per heavy atom. The summed E-state index contributed by atoms with van der Waals surface area (Å²) in [6.45, 7) is -0.165. The van der Waals surface area contributed by atoms with Crippen molar-refractivity contribution in [3.8, 4) is 11.5 Å². The van der Waals surface area contributed by atoms with E-state index in [-0.39, 0.29) is 6.61 Å². The number of hydrazone groups is 1. The third-order valence-corrected chi connectivity index (χ3v) is 4.15. The van der Waals surface area contributed by atoms with E-state index in [9.17, 15) is 4.79 Å². The van der Waals surface area contributed by atoms with Crippen molar-refractivity contribution in [2.75, 3.05) is 13.7 Å². The lowest BCUT2D eigenvalue weighted by molar-refractivity contribution is -0.123. The number of nitrogens with zero attached hydrogens (tertiary/aromatic N) is 1. The van der Waals surface area contributed by atoms with Gasteiger partial charge < -0.3 is 9.47 Å². The van der Waals surface area contributed by atoms with E-state index in [0.717, 1.165) is 3.57 Å². The number of hydrogen-bond donors (Lipinski definition) is 1. The molecule has 0 aliphatic carbocycles. The van der Waals surface area contributed by atoms with Crippen molar-refractivity contribution in [1.82, 2.24) is 5.43 Å². The monoisotopic (exact) mass is 478 g/mol. The molecule has 0 radical (unpaired) electrons. The molecular formula is C16H13Cl2IN2O3. The Morgan fingerprint density at radius 1 is 1.21 bits per heavy atom. The molecule has 1 N–H and O–H groups in total. The summed E-state index contributed by atoms with van der Waals surface area (Å²) in [6.07, 6.45) is 1.45. The molecule has 8 heteroatoms. The Hall–Kier alpha value is -1.51. The van der Waals surface area contributed by atoms with Gasteiger partial charge in [0.05, 0.1) is 16.9 Å². The number of carbonyl (C=O) groups is 1. The second-order valence-corrected chi connectivity index (χ2v) is 6.58. The molecule has 0 bridgehead atoms. The number of methoxy groups -OCH3 is 1. The van der Waals surface area contributed by atoms with Gasteiger partial charge in [0.15, 0.2) is 6.61 Å². The van der Waals surface area contributed by atoms with Crippen LogP contribution < -0.4 is 14.9 Å². The highest BCUT2D eigenvalue weighted by atomic mass is 127. The Balaban J connectivity index is 1.90. The molecule has 5 nitrogen and oxygen atoms in total. The number of ether oxygens (including phenoxy) is 2. The van der Waals surface area contributed by atoms with Gasteiger partial charge in [0.25, 0.3) is 5.91 Å². The molecule has 0 aliphatic rings. The van der Waals surface area contributed by atoms with Gasteiger partial charge in [-0.25, -0.2) is 5.43 Å². The summed E-state index contributed by atoms with van der Waals surface area (Å²) >= 11 is 13.9. The van der Waals surface area contributed by atoms with Crippen LogP contribution in [-0.4, -0.2) is 25.8 Å². The van der Waals surface area contributed by atoms with Crippen molar-refractivity contribution < 1.29 is 14.3 Å². The number of benzene rings is 2. The number of rotatable bonds is 6. The van der Waals surface area contributed by atoms with Crippen molar-refractivity contribution in [2.24, 2.45) is 5.10 Å². The molecule has 0 heterocycles. The molecule has 0 spiro atoms. The first kappa shape index (κ1) is 18.8. The average Bonchev–Trinajstić information content (AvgIpc) is 2.54. The van der Waals surface area contributed by atoms with Crippen molar-refractivity contribution in [2.45, 2.75) is 0 Å². The molecule has 2 aromatic rings. The van der Waals surface area contributed by atoms with E-state index in [1.165, 1.54) is 6.21 Å². The minimum Gasteiger partial charge on any atom is -0.496 e. The zero-order valence-corrected chi connectivity index (χ0v) is 16.2. The van der Waals surface area contributed by atoms with Gasteiger partial charge in [0, 0.05) is 15.6 Å². The number of halogens is 3. The van der Waals surface area contributed by atoms with Gasteiger partial charge in [0.2, 0.25) is 0 Å². The molecule has 2 rings (SSSR count). The zero-order valence-electron chi connectivity index (χ0n) is 12.6. The minimum atomic E-state index is -0.391. The predicted molar refractivity (Wildman–Crippen MR) is 103 cm³/mol. The fraction of sp³-hybridized carbons (Fsp3) is 0.125. The fourth-order valence-electron chi connectivity index (χ4n) is 1.75. The normalized spacial score (nSPS) is 10.7. The minimum absolute atomic E-state index is 0.165. The SMILES string of the molecule is COc1ccc(Cl)cc1/C=N/NC(=O)COc1ccc(Cl)cc1I. The summed E-state index contributed by atoms with van der Waals surface area (Å²) in [5.41, 5.74) is 3.03. The van der Waals surface area contributed by atoms with Crippen molar-refractivity contribution in [3.05, 3.63) is 55.6 Å². The molecule has 0 fully saturated rings. The van der Waals surface area contributed by atoms with Gasteiger partial charge in [-0.15, -0.1) is 0 Å². The van der Waals surface area contributed by atoms with Crippen molar-refractivity contribution >= 4 is 57.9 Å². The molecule has 24 heavy (non-hydrogen) atoms. The average molecular weight is 479 g/mol. The van der Waals surface area contributed by atoms with E-state index in [4.69, 9.17) is 32.7 Å². The summed E-state index contributed by atoms with van der Waals surface area (Å²) in [5, 5.41) is 5.03. The molecule has 0 aromatic heterocycles. The highest BCUT2D eigenvalue weighted by molar-refractivity contribution is 14.1. The highest BCUT2D eigenvalue weighted by Crippen LogP contribution is 2.24. The standard InChI is InChI=1S/C16H13Cl2IN2O3/c1-23-14-4-2-11(17)6-10(14)8-20-21-16(22)9-24-15-5-3-12(18)7-13(15)19/h2-8H,9H2,1H3,(H,21,22)/b20-8+. The maximum Gasteiger partial charge on any atom is 0.277 e. The topological polar surface area (TPSA) is 59.9 Å². The highest BCUT2D eigenvalue weighted by Gasteiger charge is 2.06. The molecule has 126 valence electrons. The summed E-state index contributed by atoms with van der Waals surface area (Å²) in [7, 11) is 1.54. The van der Waals surface area contributed by atoms with E-state index in [1.807, 2.05) is 0 Å². The maximum absolute atomic E-state index is 11.8. The van der Waals surface area contributed by atoms with Gasteiger partial charge in [-0.3, -0.25) is 4.79 Å². The second-order valence-electron chi connectivity index (χ2n) is 4.54. The second kappa shape index (κ2) is 9.10. The van der Waals surface area contributed by atoms with E-state index in [0.29, 0.717) is 27.1 Å².